The molecule has 19 heavy (non-hydrogen) atoms. The number of hydrogen-bond acceptors (Lipinski definition) is 4. The average molecular weight is 287 g/mol. The second-order valence-electron chi connectivity index (χ2n) is 5.16. The maximum atomic E-state index is 13.6. The zero-order chi connectivity index (χ0) is 13.5. The Bertz CT molecular complexity index is 488. The topological polar surface area (TPSA) is 56.8 Å². The number of epoxide rings is 1. The van der Waals surface area contributed by atoms with E-state index in [4.69, 9.17) is 16.3 Å². The SMILES string of the molecule is OC1OC12CNC(CNCc1cccc(Cl)c1F)C2. The molecule has 2 aliphatic rings. The number of hydrogen-bond donors (Lipinski definition) is 3. The number of aliphatic hydroxyl groups is 1. The summed E-state index contributed by atoms with van der Waals surface area (Å²) in [6.07, 6.45) is 0.148. The minimum Gasteiger partial charge on any atom is -0.366 e. The van der Waals surface area contributed by atoms with E-state index in [0.29, 0.717) is 25.2 Å². The lowest BCUT2D eigenvalue weighted by atomic mass is 10.1. The molecule has 0 amide bonds. The molecule has 2 heterocycles. The Morgan fingerprint density at radius 2 is 2.37 bits per heavy atom. The molecule has 1 spiro atoms. The highest BCUT2D eigenvalue weighted by Crippen LogP contribution is 2.41. The zero-order valence-electron chi connectivity index (χ0n) is 10.3. The van der Waals surface area contributed by atoms with Crippen molar-refractivity contribution in [2.75, 3.05) is 13.1 Å². The Kier molecular flexibility index (Phi) is 3.49. The number of benzene rings is 1. The van der Waals surface area contributed by atoms with Gasteiger partial charge >= 0.3 is 0 Å². The monoisotopic (exact) mass is 286 g/mol. The standard InChI is InChI=1S/C13H16ClFN2O2/c14-10-3-1-2-8(11(10)15)5-16-6-9-4-13(7-17-9)12(18)19-13/h1-3,9,12,16-18H,4-7H2. The van der Waals surface area contributed by atoms with E-state index in [1.807, 2.05) is 0 Å². The molecule has 0 aliphatic carbocycles. The molecular formula is C13H16ClFN2O2. The molecule has 3 atom stereocenters. The Balaban J connectivity index is 1.47. The van der Waals surface area contributed by atoms with Crippen molar-refractivity contribution in [1.82, 2.24) is 10.6 Å². The molecule has 3 rings (SSSR count). The molecule has 0 saturated carbocycles. The van der Waals surface area contributed by atoms with E-state index in [-0.39, 0.29) is 22.5 Å². The summed E-state index contributed by atoms with van der Waals surface area (Å²) in [6.45, 7) is 1.80. The van der Waals surface area contributed by atoms with Crippen molar-refractivity contribution in [2.24, 2.45) is 0 Å². The molecule has 4 nitrogen and oxygen atoms in total. The van der Waals surface area contributed by atoms with Crippen LogP contribution in [-0.4, -0.2) is 36.1 Å². The zero-order valence-corrected chi connectivity index (χ0v) is 11.1. The molecule has 1 aromatic rings. The fourth-order valence-electron chi connectivity index (χ4n) is 2.56. The lowest BCUT2D eigenvalue weighted by Gasteiger charge is -2.12. The third-order valence-electron chi connectivity index (χ3n) is 3.76. The lowest BCUT2D eigenvalue weighted by Crippen LogP contribution is -2.33. The fourth-order valence-corrected chi connectivity index (χ4v) is 2.75. The summed E-state index contributed by atoms with van der Waals surface area (Å²) in [5.74, 6) is -0.367. The predicted molar refractivity (Wildman–Crippen MR) is 69.3 cm³/mol. The van der Waals surface area contributed by atoms with E-state index in [1.54, 1.807) is 12.1 Å². The fraction of sp³-hybridized carbons (Fsp3) is 0.538. The van der Waals surface area contributed by atoms with E-state index >= 15 is 0 Å². The largest absolute Gasteiger partial charge is 0.366 e. The molecule has 3 unspecified atom stereocenters. The first-order valence-corrected chi connectivity index (χ1v) is 6.71. The number of aliphatic hydroxyl groups excluding tert-OH is 1. The molecule has 1 aromatic carbocycles. The van der Waals surface area contributed by atoms with Crippen molar-refractivity contribution in [3.63, 3.8) is 0 Å². The Hall–Kier alpha value is -0.720. The second-order valence-corrected chi connectivity index (χ2v) is 5.57. The van der Waals surface area contributed by atoms with Gasteiger partial charge in [-0.3, -0.25) is 0 Å². The Morgan fingerprint density at radius 3 is 3.05 bits per heavy atom. The number of rotatable bonds is 4. The van der Waals surface area contributed by atoms with Gasteiger partial charge in [-0.15, -0.1) is 0 Å². The number of ether oxygens (including phenoxy) is 1. The smallest absolute Gasteiger partial charge is 0.186 e. The van der Waals surface area contributed by atoms with Gasteiger partial charge in [0.1, 0.15) is 11.4 Å². The first-order valence-electron chi connectivity index (χ1n) is 6.34. The summed E-state index contributed by atoms with van der Waals surface area (Å²) in [7, 11) is 0. The Morgan fingerprint density at radius 1 is 1.58 bits per heavy atom. The highest BCUT2D eigenvalue weighted by atomic mass is 35.5. The first kappa shape index (κ1) is 13.3. The van der Waals surface area contributed by atoms with Crippen molar-refractivity contribution in [1.29, 1.82) is 0 Å². The van der Waals surface area contributed by atoms with Crippen LogP contribution in [0.5, 0.6) is 0 Å². The molecule has 104 valence electrons. The highest BCUT2D eigenvalue weighted by Gasteiger charge is 2.59. The van der Waals surface area contributed by atoms with Gasteiger partial charge in [-0.2, -0.15) is 0 Å². The number of nitrogens with one attached hydrogen (secondary N) is 2. The minimum atomic E-state index is -0.629. The molecular weight excluding hydrogens is 271 g/mol. The van der Waals surface area contributed by atoms with Crippen LogP contribution in [0.4, 0.5) is 4.39 Å². The van der Waals surface area contributed by atoms with Crippen LogP contribution < -0.4 is 10.6 Å². The van der Waals surface area contributed by atoms with Crippen LogP contribution in [0.3, 0.4) is 0 Å². The van der Waals surface area contributed by atoms with Crippen LogP contribution >= 0.6 is 11.6 Å². The summed E-state index contributed by atoms with van der Waals surface area (Å²) < 4.78 is 18.8. The maximum absolute atomic E-state index is 13.6. The van der Waals surface area contributed by atoms with Crippen molar-refractivity contribution in [2.45, 2.75) is 30.9 Å². The minimum absolute atomic E-state index is 0.145. The molecule has 2 saturated heterocycles. The predicted octanol–water partition coefficient (Wildman–Crippen LogP) is 1.02. The maximum Gasteiger partial charge on any atom is 0.186 e. The van der Waals surface area contributed by atoms with Crippen LogP contribution in [0, 0.1) is 5.82 Å². The van der Waals surface area contributed by atoms with Crippen molar-refractivity contribution < 1.29 is 14.2 Å². The molecule has 0 aromatic heterocycles. The summed E-state index contributed by atoms with van der Waals surface area (Å²) in [5, 5.41) is 16.0. The van der Waals surface area contributed by atoms with Crippen LogP contribution in [0.25, 0.3) is 0 Å². The lowest BCUT2D eigenvalue weighted by molar-refractivity contribution is 0.155. The van der Waals surface area contributed by atoms with E-state index in [0.717, 1.165) is 6.42 Å². The van der Waals surface area contributed by atoms with Gasteiger partial charge in [-0.05, 0) is 12.5 Å². The average Bonchev–Trinajstić information content (AvgIpc) is 2.82. The molecule has 0 radical (unpaired) electrons. The van der Waals surface area contributed by atoms with Gasteiger partial charge in [0, 0.05) is 31.2 Å². The van der Waals surface area contributed by atoms with Crippen LogP contribution in [0.2, 0.25) is 5.02 Å². The van der Waals surface area contributed by atoms with E-state index in [2.05, 4.69) is 10.6 Å². The van der Waals surface area contributed by atoms with Gasteiger partial charge in [0.15, 0.2) is 6.29 Å². The summed E-state index contributed by atoms with van der Waals surface area (Å²) in [5.41, 5.74) is 0.191. The quantitative estimate of drug-likeness (QED) is 0.724. The van der Waals surface area contributed by atoms with Crippen LogP contribution in [0.15, 0.2) is 18.2 Å². The van der Waals surface area contributed by atoms with Crippen molar-refractivity contribution in [3.8, 4) is 0 Å². The third-order valence-corrected chi connectivity index (χ3v) is 4.05. The number of halogens is 2. The molecule has 0 bridgehead atoms. The second kappa shape index (κ2) is 5.00. The van der Waals surface area contributed by atoms with Gasteiger partial charge in [-0.1, -0.05) is 23.7 Å². The van der Waals surface area contributed by atoms with E-state index in [1.165, 1.54) is 6.07 Å². The Labute approximate surface area is 115 Å². The first-order chi connectivity index (χ1) is 9.11. The summed E-state index contributed by atoms with van der Waals surface area (Å²) in [6, 6.07) is 5.22. The molecule has 3 N–H and O–H groups in total. The summed E-state index contributed by atoms with van der Waals surface area (Å²) >= 11 is 5.72. The third kappa shape index (κ3) is 2.61. The van der Waals surface area contributed by atoms with Crippen molar-refractivity contribution >= 4 is 11.6 Å². The van der Waals surface area contributed by atoms with Crippen LogP contribution in [0.1, 0.15) is 12.0 Å². The highest BCUT2D eigenvalue weighted by molar-refractivity contribution is 6.30. The van der Waals surface area contributed by atoms with Gasteiger partial charge in [0.25, 0.3) is 0 Å². The molecule has 2 aliphatic heterocycles. The van der Waals surface area contributed by atoms with Gasteiger partial charge in [0.05, 0.1) is 5.02 Å². The van der Waals surface area contributed by atoms with Gasteiger partial charge < -0.3 is 20.5 Å². The van der Waals surface area contributed by atoms with E-state index in [9.17, 15) is 9.50 Å². The van der Waals surface area contributed by atoms with Crippen molar-refractivity contribution in [3.05, 3.63) is 34.6 Å². The molecule has 6 heteroatoms. The normalized spacial score (nSPS) is 33.0. The van der Waals surface area contributed by atoms with Crippen LogP contribution in [-0.2, 0) is 11.3 Å². The van der Waals surface area contributed by atoms with Gasteiger partial charge in [-0.25, -0.2) is 4.39 Å². The molecule has 2 fully saturated rings. The van der Waals surface area contributed by atoms with E-state index < -0.39 is 6.29 Å². The van der Waals surface area contributed by atoms with Gasteiger partial charge in [0.2, 0.25) is 0 Å². The summed E-state index contributed by atoms with van der Waals surface area (Å²) in [4.78, 5) is 0.